The van der Waals surface area contributed by atoms with Crippen LogP contribution in [0.3, 0.4) is 0 Å². The Morgan fingerprint density at radius 2 is 2.05 bits per heavy atom. The van der Waals surface area contributed by atoms with Gasteiger partial charge < -0.3 is 5.32 Å². The molecular formula is C15H20ClN3S. The first-order valence-corrected chi connectivity index (χ1v) is 7.94. The number of hydrogen-bond acceptors (Lipinski definition) is 4. The predicted octanol–water partition coefficient (Wildman–Crippen LogP) is 4.27. The molecule has 5 heteroatoms. The Morgan fingerprint density at radius 3 is 2.60 bits per heavy atom. The molecule has 0 aromatic carbocycles. The molecule has 0 bridgehead atoms. The number of halogens is 1. The van der Waals surface area contributed by atoms with Gasteiger partial charge in [0.15, 0.2) is 0 Å². The summed E-state index contributed by atoms with van der Waals surface area (Å²) in [5, 5.41) is 4.99. The minimum Gasteiger partial charge on any atom is -0.312 e. The highest BCUT2D eigenvalue weighted by Crippen LogP contribution is 2.33. The summed E-state index contributed by atoms with van der Waals surface area (Å²) < 4.78 is 0. The lowest BCUT2D eigenvalue weighted by molar-refractivity contribution is 0.561. The molecule has 1 N–H and O–H groups in total. The highest BCUT2D eigenvalue weighted by Gasteiger charge is 2.23. The molecule has 0 aliphatic rings. The fraction of sp³-hybridized carbons (Fsp3) is 0.467. The number of pyridine rings is 1. The van der Waals surface area contributed by atoms with Gasteiger partial charge in [-0.3, -0.25) is 4.98 Å². The maximum Gasteiger partial charge on any atom is 0.142 e. The fourth-order valence-electron chi connectivity index (χ4n) is 1.91. The molecule has 2 aromatic heterocycles. The van der Waals surface area contributed by atoms with Gasteiger partial charge in [0.05, 0.1) is 16.4 Å². The second kappa shape index (κ2) is 6.20. The lowest BCUT2D eigenvalue weighted by Gasteiger charge is -2.17. The highest BCUT2D eigenvalue weighted by molar-refractivity contribution is 7.15. The molecule has 0 amide bonds. The summed E-state index contributed by atoms with van der Waals surface area (Å²) in [5.41, 5.74) is 2.06. The zero-order valence-corrected chi connectivity index (χ0v) is 13.9. The van der Waals surface area contributed by atoms with E-state index in [0.717, 1.165) is 29.5 Å². The molecule has 0 saturated heterocycles. The maximum atomic E-state index is 5.89. The molecule has 3 nitrogen and oxygen atoms in total. The van der Waals surface area contributed by atoms with Crippen LogP contribution in [-0.2, 0) is 12.0 Å². The summed E-state index contributed by atoms with van der Waals surface area (Å²) in [5.74, 6) is 0. The smallest absolute Gasteiger partial charge is 0.142 e. The van der Waals surface area contributed by atoms with E-state index in [9.17, 15) is 0 Å². The standard InChI is InChI=1S/C15H20ClN3S/c1-5-17-9-12-13(15(2,3)4)19-14(20-12)11-7-6-10(16)8-18-11/h6-8,17H,5,9H2,1-4H3. The van der Waals surface area contributed by atoms with Crippen molar-refractivity contribution in [1.29, 1.82) is 0 Å². The van der Waals surface area contributed by atoms with Crippen LogP contribution in [0.4, 0.5) is 0 Å². The Hall–Kier alpha value is -0.970. The number of aromatic nitrogens is 2. The molecule has 108 valence electrons. The number of rotatable bonds is 4. The molecule has 0 spiro atoms. The summed E-state index contributed by atoms with van der Waals surface area (Å²) in [6, 6.07) is 3.77. The molecule has 2 heterocycles. The van der Waals surface area contributed by atoms with E-state index >= 15 is 0 Å². The molecule has 2 aromatic rings. The first-order chi connectivity index (χ1) is 9.41. The quantitative estimate of drug-likeness (QED) is 0.916. The van der Waals surface area contributed by atoms with Gasteiger partial charge in [-0.05, 0) is 18.7 Å². The molecule has 0 fully saturated rings. The van der Waals surface area contributed by atoms with Crippen molar-refractivity contribution in [2.75, 3.05) is 6.54 Å². The number of nitrogens with zero attached hydrogens (tertiary/aromatic N) is 2. The van der Waals surface area contributed by atoms with Crippen LogP contribution >= 0.6 is 22.9 Å². The van der Waals surface area contributed by atoms with Crippen molar-refractivity contribution in [3.05, 3.63) is 33.9 Å². The maximum absolute atomic E-state index is 5.89. The second-order valence-electron chi connectivity index (χ2n) is 5.68. The Bertz CT molecular complexity index is 570. The molecule has 0 saturated carbocycles. The number of nitrogens with one attached hydrogen (secondary N) is 1. The summed E-state index contributed by atoms with van der Waals surface area (Å²) >= 11 is 7.59. The lowest BCUT2D eigenvalue weighted by Crippen LogP contribution is -2.18. The molecule has 0 unspecified atom stereocenters. The van der Waals surface area contributed by atoms with Gasteiger partial charge in [-0.15, -0.1) is 11.3 Å². The Labute approximate surface area is 129 Å². The average Bonchev–Trinajstić information content (AvgIpc) is 2.81. The van der Waals surface area contributed by atoms with Crippen LogP contribution in [0.25, 0.3) is 10.7 Å². The van der Waals surface area contributed by atoms with Crippen molar-refractivity contribution < 1.29 is 0 Å². The van der Waals surface area contributed by atoms with Gasteiger partial charge in [0.25, 0.3) is 0 Å². The first kappa shape index (κ1) is 15.4. The van der Waals surface area contributed by atoms with Crippen LogP contribution in [0.5, 0.6) is 0 Å². The summed E-state index contributed by atoms with van der Waals surface area (Å²) in [6.45, 7) is 10.5. The van der Waals surface area contributed by atoms with Crippen molar-refractivity contribution in [3.8, 4) is 10.7 Å². The predicted molar refractivity (Wildman–Crippen MR) is 86.4 cm³/mol. The van der Waals surface area contributed by atoms with E-state index in [1.54, 1.807) is 17.5 Å². The summed E-state index contributed by atoms with van der Waals surface area (Å²) in [4.78, 5) is 10.5. The van der Waals surface area contributed by atoms with Crippen LogP contribution in [0.15, 0.2) is 18.3 Å². The third-order valence-electron chi connectivity index (χ3n) is 2.89. The van der Waals surface area contributed by atoms with E-state index in [1.165, 1.54) is 4.88 Å². The molecule has 0 radical (unpaired) electrons. The van der Waals surface area contributed by atoms with Gasteiger partial charge in [0.2, 0.25) is 0 Å². The monoisotopic (exact) mass is 309 g/mol. The van der Waals surface area contributed by atoms with Gasteiger partial charge in [0, 0.05) is 23.0 Å². The third kappa shape index (κ3) is 3.57. The molecule has 0 atom stereocenters. The minimum atomic E-state index is 0.0337. The number of thiazole rings is 1. The Kier molecular flexibility index (Phi) is 4.78. The summed E-state index contributed by atoms with van der Waals surface area (Å²) in [7, 11) is 0. The first-order valence-electron chi connectivity index (χ1n) is 6.74. The van der Waals surface area contributed by atoms with E-state index in [2.05, 4.69) is 38.0 Å². The SMILES string of the molecule is CCNCc1sc(-c2ccc(Cl)cn2)nc1C(C)(C)C. The molecule has 0 aliphatic heterocycles. The molecule has 2 rings (SSSR count). The van der Waals surface area contributed by atoms with E-state index in [-0.39, 0.29) is 5.41 Å². The second-order valence-corrected chi connectivity index (χ2v) is 7.20. The molecule has 20 heavy (non-hydrogen) atoms. The van der Waals surface area contributed by atoms with E-state index in [4.69, 9.17) is 16.6 Å². The normalized spacial score (nSPS) is 11.8. The van der Waals surface area contributed by atoms with Crippen LogP contribution < -0.4 is 5.32 Å². The third-order valence-corrected chi connectivity index (χ3v) is 4.19. The van der Waals surface area contributed by atoms with E-state index < -0.39 is 0 Å². The van der Waals surface area contributed by atoms with Gasteiger partial charge in [-0.25, -0.2) is 4.98 Å². The van der Waals surface area contributed by atoms with Gasteiger partial charge in [-0.2, -0.15) is 0 Å². The molecular weight excluding hydrogens is 290 g/mol. The Balaban J connectivity index is 2.40. The van der Waals surface area contributed by atoms with Crippen LogP contribution in [0.1, 0.15) is 38.3 Å². The Morgan fingerprint density at radius 1 is 1.30 bits per heavy atom. The minimum absolute atomic E-state index is 0.0337. The number of hydrogen-bond donors (Lipinski definition) is 1. The van der Waals surface area contributed by atoms with Crippen LogP contribution in [0.2, 0.25) is 5.02 Å². The van der Waals surface area contributed by atoms with Crippen molar-refractivity contribution in [2.45, 2.75) is 39.7 Å². The topological polar surface area (TPSA) is 37.8 Å². The van der Waals surface area contributed by atoms with Crippen molar-refractivity contribution in [1.82, 2.24) is 15.3 Å². The fourth-order valence-corrected chi connectivity index (χ4v) is 3.24. The van der Waals surface area contributed by atoms with Crippen molar-refractivity contribution in [2.24, 2.45) is 0 Å². The zero-order chi connectivity index (χ0) is 14.8. The average molecular weight is 310 g/mol. The van der Waals surface area contributed by atoms with Gasteiger partial charge in [-0.1, -0.05) is 39.3 Å². The van der Waals surface area contributed by atoms with E-state index in [0.29, 0.717) is 5.02 Å². The van der Waals surface area contributed by atoms with Gasteiger partial charge >= 0.3 is 0 Å². The van der Waals surface area contributed by atoms with E-state index in [1.807, 2.05) is 12.1 Å². The van der Waals surface area contributed by atoms with Crippen LogP contribution in [-0.4, -0.2) is 16.5 Å². The van der Waals surface area contributed by atoms with Gasteiger partial charge in [0.1, 0.15) is 5.01 Å². The van der Waals surface area contributed by atoms with Crippen molar-refractivity contribution in [3.63, 3.8) is 0 Å². The zero-order valence-electron chi connectivity index (χ0n) is 12.3. The summed E-state index contributed by atoms with van der Waals surface area (Å²) in [6.07, 6.45) is 1.67. The highest BCUT2D eigenvalue weighted by atomic mass is 35.5. The largest absolute Gasteiger partial charge is 0.312 e. The molecule has 0 aliphatic carbocycles. The van der Waals surface area contributed by atoms with Crippen LogP contribution in [0, 0.1) is 0 Å². The van der Waals surface area contributed by atoms with Crippen molar-refractivity contribution >= 4 is 22.9 Å². The lowest BCUT2D eigenvalue weighted by atomic mass is 9.91.